The van der Waals surface area contributed by atoms with Gasteiger partial charge in [0.2, 0.25) is 0 Å². The second kappa shape index (κ2) is 6.92. The van der Waals surface area contributed by atoms with E-state index in [2.05, 4.69) is 30.5 Å². The molecule has 1 aromatic carbocycles. The fourth-order valence-electron chi connectivity index (χ4n) is 3.17. The summed E-state index contributed by atoms with van der Waals surface area (Å²) < 4.78 is 19.4. The zero-order chi connectivity index (χ0) is 19.0. The fraction of sp³-hybridized carbons (Fsp3) is 0.333. The molecule has 2 aromatic heterocycles. The van der Waals surface area contributed by atoms with Crippen molar-refractivity contribution in [3.63, 3.8) is 0 Å². The minimum atomic E-state index is -0.561. The van der Waals surface area contributed by atoms with Gasteiger partial charge in [-0.15, -0.1) is 0 Å². The molecule has 27 heavy (non-hydrogen) atoms. The van der Waals surface area contributed by atoms with Crippen molar-refractivity contribution >= 4 is 28.5 Å². The Bertz CT molecular complexity index is 987. The summed E-state index contributed by atoms with van der Waals surface area (Å²) in [5, 5.41) is 5.86. The molecular weight excluding hydrogens is 351 g/mol. The second-order valence-corrected chi connectivity index (χ2v) is 6.47. The predicted octanol–water partition coefficient (Wildman–Crippen LogP) is 2.12. The molecule has 140 valence electrons. The number of halogens is 1. The van der Waals surface area contributed by atoms with Gasteiger partial charge in [0.25, 0.3) is 5.91 Å². The maximum atomic E-state index is 14.1. The number of anilines is 2. The van der Waals surface area contributed by atoms with Crippen molar-refractivity contribution in [2.45, 2.75) is 19.4 Å². The Morgan fingerprint density at radius 3 is 2.89 bits per heavy atom. The first kappa shape index (κ1) is 17.3. The van der Waals surface area contributed by atoms with Crippen molar-refractivity contribution in [3.05, 3.63) is 41.9 Å². The minimum Gasteiger partial charge on any atom is -0.441 e. The van der Waals surface area contributed by atoms with E-state index in [1.807, 2.05) is 7.05 Å². The standard InChI is InChI=1S/C18H19FN6O2/c1-10-23-17-13(19)5-12(6-15(17)27-10)24-18(26)14-7-22-16(8-21-14)25-4-3-11(9-25)20-2/h5-8,11,20H,3-4,9H2,1-2H3,(H,24,26). The summed E-state index contributed by atoms with van der Waals surface area (Å²) in [6.45, 7) is 3.38. The van der Waals surface area contributed by atoms with Crippen LogP contribution in [0.3, 0.4) is 0 Å². The number of hydrogen-bond donors (Lipinski definition) is 2. The first-order valence-electron chi connectivity index (χ1n) is 8.66. The smallest absolute Gasteiger partial charge is 0.275 e. The highest BCUT2D eigenvalue weighted by molar-refractivity contribution is 6.03. The molecule has 8 nitrogen and oxygen atoms in total. The number of fused-ring (bicyclic) bond motifs is 1. The summed E-state index contributed by atoms with van der Waals surface area (Å²) >= 11 is 0. The molecule has 1 aliphatic rings. The molecule has 1 unspecified atom stereocenters. The van der Waals surface area contributed by atoms with Crippen LogP contribution in [0.5, 0.6) is 0 Å². The van der Waals surface area contributed by atoms with Crippen LogP contribution >= 0.6 is 0 Å². The summed E-state index contributed by atoms with van der Waals surface area (Å²) in [7, 11) is 1.94. The highest BCUT2D eigenvalue weighted by atomic mass is 19.1. The number of carbonyl (C=O) groups is 1. The molecule has 4 rings (SSSR count). The Kier molecular flexibility index (Phi) is 4.44. The Labute approximate surface area is 154 Å². The maximum Gasteiger partial charge on any atom is 0.275 e. The molecular formula is C18H19FN6O2. The molecule has 0 saturated carbocycles. The number of hydrogen-bond acceptors (Lipinski definition) is 7. The van der Waals surface area contributed by atoms with Crippen LogP contribution in [-0.2, 0) is 0 Å². The number of benzene rings is 1. The Hall–Kier alpha value is -3.07. The minimum absolute atomic E-state index is 0.139. The van der Waals surface area contributed by atoms with Crippen molar-refractivity contribution in [3.8, 4) is 0 Å². The number of nitrogens with one attached hydrogen (secondary N) is 2. The lowest BCUT2D eigenvalue weighted by atomic mass is 10.2. The number of aromatic nitrogens is 3. The SMILES string of the molecule is CNC1CCN(c2cnc(C(=O)Nc3cc(F)c4nc(C)oc4c3)cn2)C1. The number of likely N-dealkylation sites (N-methyl/N-ethyl adjacent to an activating group) is 1. The van der Waals surface area contributed by atoms with E-state index in [0.29, 0.717) is 11.9 Å². The molecule has 2 N–H and O–H groups in total. The molecule has 0 spiro atoms. The van der Waals surface area contributed by atoms with E-state index in [1.165, 1.54) is 18.3 Å². The van der Waals surface area contributed by atoms with E-state index < -0.39 is 11.7 Å². The van der Waals surface area contributed by atoms with Gasteiger partial charge in [-0.3, -0.25) is 4.79 Å². The van der Waals surface area contributed by atoms with Crippen LogP contribution in [-0.4, -0.2) is 47.0 Å². The molecule has 3 aromatic rings. The Morgan fingerprint density at radius 1 is 1.33 bits per heavy atom. The van der Waals surface area contributed by atoms with E-state index in [1.54, 1.807) is 13.1 Å². The third-order valence-corrected chi connectivity index (χ3v) is 4.60. The Balaban J connectivity index is 1.48. The summed E-state index contributed by atoms with van der Waals surface area (Å²) in [6, 6.07) is 3.16. The van der Waals surface area contributed by atoms with Gasteiger partial charge in [0.05, 0.1) is 12.4 Å². The van der Waals surface area contributed by atoms with Gasteiger partial charge < -0.3 is 20.0 Å². The van der Waals surface area contributed by atoms with Crippen LogP contribution in [0.4, 0.5) is 15.9 Å². The van der Waals surface area contributed by atoms with Crippen LogP contribution in [0, 0.1) is 12.7 Å². The molecule has 1 amide bonds. The van der Waals surface area contributed by atoms with Gasteiger partial charge in [-0.05, 0) is 19.5 Å². The lowest BCUT2D eigenvalue weighted by molar-refractivity contribution is 0.102. The van der Waals surface area contributed by atoms with Crippen molar-refractivity contribution in [1.82, 2.24) is 20.3 Å². The average molecular weight is 370 g/mol. The molecule has 9 heteroatoms. The van der Waals surface area contributed by atoms with Crippen molar-refractivity contribution in [2.24, 2.45) is 0 Å². The van der Waals surface area contributed by atoms with Crippen molar-refractivity contribution in [2.75, 3.05) is 30.4 Å². The van der Waals surface area contributed by atoms with Gasteiger partial charge in [0.1, 0.15) is 17.0 Å². The molecule has 0 radical (unpaired) electrons. The average Bonchev–Trinajstić information content (AvgIpc) is 3.28. The van der Waals surface area contributed by atoms with Gasteiger partial charge in [0, 0.05) is 37.8 Å². The largest absolute Gasteiger partial charge is 0.441 e. The Morgan fingerprint density at radius 2 is 2.19 bits per heavy atom. The van der Waals surface area contributed by atoms with Crippen molar-refractivity contribution in [1.29, 1.82) is 0 Å². The number of nitrogens with zero attached hydrogens (tertiary/aromatic N) is 4. The molecule has 0 aliphatic carbocycles. The molecule has 1 aliphatic heterocycles. The van der Waals surface area contributed by atoms with Gasteiger partial charge in [0.15, 0.2) is 17.3 Å². The summed E-state index contributed by atoms with van der Waals surface area (Å²) in [5.41, 5.74) is 0.832. The van der Waals surface area contributed by atoms with Crippen molar-refractivity contribution < 1.29 is 13.6 Å². The van der Waals surface area contributed by atoms with Crippen LogP contribution < -0.4 is 15.5 Å². The number of carbonyl (C=O) groups excluding carboxylic acids is 1. The van der Waals surface area contributed by atoms with Gasteiger partial charge in [-0.25, -0.2) is 19.3 Å². The quantitative estimate of drug-likeness (QED) is 0.726. The topological polar surface area (TPSA) is 96.2 Å². The molecule has 1 saturated heterocycles. The first-order valence-corrected chi connectivity index (χ1v) is 8.66. The van der Waals surface area contributed by atoms with E-state index in [-0.39, 0.29) is 22.5 Å². The lowest BCUT2D eigenvalue weighted by Crippen LogP contribution is -2.30. The first-order chi connectivity index (χ1) is 13.0. The monoisotopic (exact) mass is 370 g/mol. The van der Waals surface area contributed by atoms with E-state index in [4.69, 9.17) is 4.42 Å². The fourth-order valence-corrected chi connectivity index (χ4v) is 3.17. The third kappa shape index (κ3) is 3.45. The number of oxazole rings is 1. The molecule has 1 atom stereocenters. The normalized spacial score (nSPS) is 16.9. The molecule has 1 fully saturated rings. The predicted molar refractivity (Wildman–Crippen MR) is 98.4 cm³/mol. The number of amides is 1. The van der Waals surface area contributed by atoms with Gasteiger partial charge in [-0.1, -0.05) is 0 Å². The summed E-state index contributed by atoms with van der Waals surface area (Å²) in [5.74, 6) is 0.0536. The summed E-state index contributed by atoms with van der Waals surface area (Å²) in [6.07, 6.45) is 4.04. The second-order valence-electron chi connectivity index (χ2n) is 6.47. The van der Waals surface area contributed by atoms with Crippen LogP contribution in [0.1, 0.15) is 22.8 Å². The van der Waals surface area contributed by atoms with Crippen LogP contribution in [0.25, 0.3) is 11.1 Å². The highest BCUT2D eigenvalue weighted by Gasteiger charge is 2.22. The summed E-state index contributed by atoms with van der Waals surface area (Å²) in [4.78, 5) is 27.0. The van der Waals surface area contributed by atoms with E-state index >= 15 is 0 Å². The number of rotatable bonds is 4. The molecule has 3 heterocycles. The van der Waals surface area contributed by atoms with E-state index in [9.17, 15) is 9.18 Å². The maximum absolute atomic E-state index is 14.1. The van der Waals surface area contributed by atoms with Gasteiger partial charge >= 0.3 is 0 Å². The third-order valence-electron chi connectivity index (χ3n) is 4.60. The van der Waals surface area contributed by atoms with Crippen LogP contribution in [0.15, 0.2) is 28.9 Å². The lowest BCUT2D eigenvalue weighted by Gasteiger charge is -2.16. The van der Waals surface area contributed by atoms with E-state index in [0.717, 1.165) is 25.3 Å². The molecule has 0 bridgehead atoms. The zero-order valence-corrected chi connectivity index (χ0v) is 15.0. The van der Waals surface area contributed by atoms with Crippen LogP contribution in [0.2, 0.25) is 0 Å². The zero-order valence-electron chi connectivity index (χ0n) is 15.0. The van der Waals surface area contributed by atoms with Gasteiger partial charge in [-0.2, -0.15) is 0 Å². The number of aryl methyl sites for hydroxylation is 1. The highest BCUT2D eigenvalue weighted by Crippen LogP contribution is 2.24.